The Hall–Kier alpha value is -1.99. The van der Waals surface area contributed by atoms with E-state index < -0.39 is 16.4 Å². The number of benzene rings is 2. The first-order valence-electron chi connectivity index (χ1n) is 5.49. The van der Waals surface area contributed by atoms with Crippen LogP contribution in [0.1, 0.15) is 10.4 Å². The molecule has 0 N–H and O–H groups in total. The normalized spacial score (nSPS) is 10.2. The Kier molecular flexibility index (Phi) is 4.54. The van der Waals surface area contributed by atoms with E-state index in [1.165, 1.54) is 18.2 Å². The highest BCUT2D eigenvalue weighted by Crippen LogP contribution is 2.37. The van der Waals surface area contributed by atoms with Crippen LogP contribution in [0.2, 0.25) is 5.02 Å². The summed E-state index contributed by atoms with van der Waals surface area (Å²) in [6.07, 6.45) is 0.457. The molecule has 0 fully saturated rings. The maximum absolute atomic E-state index is 13.5. The average Bonchev–Trinajstić information content (AvgIpc) is 2.42. The van der Waals surface area contributed by atoms with E-state index in [9.17, 15) is 19.3 Å². The topological polar surface area (TPSA) is 69.4 Å². The van der Waals surface area contributed by atoms with Crippen LogP contribution in [0.15, 0.2) is 34.8 Å². The molecule has 0 heterocycles. The van der Waals surface area contributed by atoms with Crippen LogP contribution in [0.25, 0.3) is 0 Å². The van der Waals surface area contributed by atoms with Gasteiger partial charge in [-0.15, -0.1) is 0 Å². The van der Waals surface area contributed by atoms with Gasteiger partial charge in [0.2, 0.25) is 5.75 Å². The summed E-state index contributed by atoms with van der Waals surface area (Å²) < 4.78 is 18.8. The fourth-order valence-corrected chi connectivity index (χ4v) is 2.12. The lowest BCUT2D eigenvalue weighted by atomic mass is 10.2. The van der Waals surface area contributed by atoms with Crippen LogP contribution in [0.3, 0.4) is 0 Å². The molecule has 0 bridgehead atoms. The van der Waals surface area contributed by atoms with E-state index in [1.807, 2.05) is 0 Å². The Labute approximate surface area is 131 Å². The smallest absolute Gasteiger partial charge is 0.312 e. The predicted molar refractivity (Wildman–Crippen MR) is 77.7 cm³/mol. The maximum Gasteiger partial charge on any atom is 0.312 e. The molecule has 2 aromatic carbocycles. The summed E-state index contributed by atoms with van der Waals surface area (Å²) in [5, 5.41) is 11.1. The third-order valence-electron chi connectivity index (χ3n) is 2.55. The van der Waals surface area contributed by atoms with Gasteiger partial charge in [0.15, 0.2) is 6.29 Å². The van der Waals surface area contributed by atoms with Crippen LogP contribution in [0.5, 0.6) is 11.5 Å². The number of halogens is 3. The molecule has 0 aliphatic carbocycles. The Bertz CT molecular complexity index is 738. The molecule has 8 heteroatoms. The molecule has 5 nitrogen and oxygen atoms in total. The highest BCUT2D eigenvalue weighted by Gasteiger charge is 2.21. The number of rotatable bonds is 4. The third kappa shape index (κ3) is 3.20. The van der Waals surface area contributed by atoms with Crippen molar-refractivity contribution >= 4 is 39.5 Å². The summed E-state index contributed by atoms with van der Waals surface area (Å²) >= 11 is 8.69. The van der Waals surface area contributed by atoms with Gasteiger partial charge in [0, 0.05) is 12.1 Å². The van der Waals surface area contributed by atoms with Gasteiger partial charge in [-0.05, 0) is 28.1 Å². The van der Waals surface area contributed by atoms with Gasteiger partial charge in [0.25, 0.3) is 0 Å². The second-order valence-corrected chi connectivity index (χ2v) is 5.12. The lowest BCUT2D eigenvalue weighted by Crippen LogP contribution is -1.97. The first-order chi connectivity index (χ1) is 9.93. The van der Waals surface area contributed by atoms with Crippen LogP contribution in [-0.4, -0.2) is 11.2 Å². The van der Waals surface area contributed by atoms with E-state index in [0.717, 1.165) is 12.1 Å². The van der Waals surface area contributed by atoms with Crippen molar-refractivity contribution in [3.8, 4) is 11.5 Å². The molecule has 21 heavy (non-hydrogen) atoms. The molecule has 0 aromatic heterocycles. The minimum Gasteiger partial charge on any atom is -0.449 e. The van der Waals surface area contributed by atoms with Crippen molar-refractivity contribution in [2.24, 2.45) is 0 Å². The summed E-state index contributed by atoms with van der Waals surface area (Å²) in [5.41, 5.74) is -0.420. The van der Waals surface area contributed by atoms with Gasteiger partial charge in [0.05, 0.1) is 20.0 Å². The number of aldehydes is 1. The van der Waals surface area contributed by atoms with Crippen molar-refractivity contribution in [3.63, 3.8) is 0 Å². The summed E-state index contributed by atoms with van der Waals surface area (Å²) in [7, 11) is 0. The molecule has 2 aromatic rings. The quantitative estimate of drug-likeness (QED) is 0.440. The standard InChI is InChI=1S/C13H6BrClFNO4/c14-8-4-11(17(19)20)13(5-10(8)16)21-12-3-1-2-9(15)7(12)6-18/h1-6H. The molecule has 0 amide bonds. The lowest BCUT2D eigenvalue weighted by molar-refractivity contribution is -0.385. The fraction of sp³-hybridized carbons (Fsp3) is 0. The van der Waals surface area contributed by atoms with E-state index in [4.69, 9.17) is 16.3 Å². The first kappa shape index (κ1) is 15.4. The van der Waals surface area contributed by atoms with E-state index in [1.54, 1.807) is 0 Å². The summed E-state index contributed by atoms with van der Waals surface area (Å²) in [6.45, 7) is 0. The van der Waals surface area contributed by atoms with Crippen molar-refractivity contribution in [2.75, 3.05) is 0 Å². The van der Waals surface area contributed by atoms with Gasteiger partial charge in [-0.25, -0.2) is 4.39 Å². The second kappa shape index (κ2) is 6.19. The van der Waals surface area contributed by atoms with Crippen LogP contribution in [-0.2, 0) is 0 Å². The van der Waals surface area contributed by atoms with E-state index in [2.05, 4.69) is 15.9 Å². The number of hydrogen-bond acceptors (Lipinski definition) is 4. The van der Waals surface area contributed by atoms with E-state index in [0.29, 0.717) is 6.29 Å². The van der Waals surface area contributed by atoms with Crippen molar-refractivity contribution in [1.29, 1.82) is 0 Å². The van der Waals surface area contributed by atoms with Crippen LogP contribution in [0, 0.1) is 15.9 Å². The van der Waals surface area contributed by atoms with E-state index >= 15 is 0 Å². The number of hydrogen-bond donors (Lipinski definition) is 0. The molecule has 0 saturated carbocycles. The lowest BCUT2D eigenvalue weighted by Gasteiger charge is -2.10. The Morgan fingerprint density at radius 3 is 2.67 bits per heavy atom. The van der Waals surface area contributed by atoms with Crippen molar-refractivity contribution < 1.29 is 18.8 Å². The SMILES string of the molecule is O=Cc1c(Cl)cccc1Oc1cc(F)c(Br)cc1[N+](=O)[O-]. The van der Waals surface area contributed by atoms with Gasteiger partial charge in [-0.3, -0.25) is 14.9 Å². The molecule has 0 radical (unpaired) electrons. The second-order valence-electron chi connectivity index (χ2n) is 3.86. The number of nitro groups is 1. The third-order valence-corrected chi connectivity index (χ3v) is 3.49. The van der Waals surface area contributed by atoms with E-state index in [-0.39, 0.29) is 26.6 Å². The zero-order valence-corrected chi connectivity index (χ0v) is 12.5. The predicted octanol–water partition coefficient (Wildman–Crippen LogP) is 4.75. The van der Waals surface area contributed by atoms with Crippen molar-refractivity contribution in [1.82, 2.24) is 0 Å². The largest absolute Gasteiger partial charge is 0.449 e. The molecule has 0 saturated heterocycles. The molecule has 0 aliphatic heterocycles. The number of carbonyl (C=O) groups is 1. The number of nitro benzene ring substituents is 1. The number of ether oxygens (including phenoxy) is 1. The number of carbonyl (C=O) groups excluding carboxylic acids is 1. The molecular formula is C13H6BrClFNO4. The highest BCUT2D eigenvalue weighted by molar-refractivity contribution is 9.10. The monoisotopic (exact) mass is 373 g/mol. The van der Waals surface area contributed by atoms with Gasteiger partial charge in [-0.1, -0.05) is 17.7 Å². The summed E-state index contributed by atoms with van der Waals surface area (Å²) in [4.78, 5) is 21.3. The zero-order valence-electron chi connectivity index (χ0n) is 10.2. The maximum atomic E-state index is 13.5. The minimum absolute atomic E-state index is 0.00215. The van der Waals surface area contributed by atoms with Crippen molar-refractivity contribution in [3.05, 3.63) is 61.3 Å². The summed E-state index contributed by atoms with van der Waals surface area (Å²) in [6, 6.07) is 6.22. The Morgan fingerprint density at radius 1 is 1.33 bits per heavy atom. The molecule has 2 rings (SSSR count). The highest BCUT2D eigenvalue weighted by atomic mass is 79.9. The summed E-state index contributed by atoms with van der Waals surface area (Å²) in [5.74, 6) is -1.06. The van der Waals surface area contributed by atoms with Gasteiger partial charge in [-0.2, -0.15) is 0 Å². The Morgan fingerprint density at radius 2 is 2.05 bits per heavy atom. The molecule has 0 atom stereocenters. The molecule has 0 spiro atoms. The van der Waals surface area contributed by atoms with Gasteiger partial charge in [0.1, 0.15) is 11.6 Å². The molecule has 0 unspecified atom stereocenters. The Balaban J connectivity index is 2.54. The van der Waals surface area contributed by atoms with Crippen LogP contribution in [0.4, 0.5) is 10.1 Å². The average molecular weight is 375 g/mol. The van der Waals surface area contributed by atoms with Crippen molar-refractivity contribution in [2.45, 2.75) is 0 Å². The molecule has 0 aliphatic rings. The van der Waals surface area contributed by atoms with Gasteiger partial charge < -0.3 is 4.74 Å². The zero-order chi connectivity index (χ0) is 15.6. The fourth-order valence-electron chi connectivity index (χ4n) is 1.58. The van der Waals surface area contributed by atoms with Gasteiger partial charge >= 0.3 is 5.69 Å². The van der Waals surface area contributed by atoms with Crippen LogP contribution >= 0.6 is 27.5 Å². The minimum atomic E-state index is -0.731. The molecular weight excluding hydrogens is 369 g/mol. The van der Waals surface area contributed by atoms with Crippen LogP contribution < -0.4 is 4.74 Å². The first-order valence-corrected chi connectivity index (χ1v) is 6.66. The molecule has 108 valence electrons. The number of nitrogens with zero attached hydrogens (tertiary/aromatic N) is 1.